The Balaban J connectivity index is 1.66. The maximum Gasteiger partial charge on any atom is 0.419 e. The molecule has 2 heterocycles. The second kappa shape index (κ2) is 7.21. The van der Waals surface area contributed by atoms with Crippen molar-refractivity contribution in [3.63, 3.8) is 0 Å². The first-order chi connectivity index (χ1) is 12.3. The molecule has 0 unspecified atom stereocenters. The number of hydrogen-bond acceptors (Lipinski definition) is 4. The number of rotatable bonds is 5. The summed E-state index contributed by atoms with van der Waals surface area (Å²) in [6.07, 6.45) is 0.0833. The van der Waals surface area contributed by atoms with Gasteiger partial charge in [0, 0.05) is 41.9 Å². The van der Waals surface area contributed by atoms with E-state index in [9.17, 15) is 14.4 Å². The SMILES string of the molecule is Cc1cc(C)c(CNC(=O)CCn2c(=O)oc3cc(Cl)ccc32)c(=O)[nH]1. The molecule has 0 radical (unpaired) electrons. The molecule has 0 aliphatic carbocycles. The Morgan fingerprint density at radius 2 is 2.04 bits per heavy atom. The topological polar surface area (TPSA) is 97.1 Å². The van der Waals surface area contributed by atoms with Crippen LogP contribution in [-0.4, -0.2) is 15.5 Å². The Hall–Kier alpha value is -2.80. The van der Waals surface area contributed by atoms with Gasteiger partial charge in [0.2, 0.25) is 5.91 Å². The van der Waals surface area contributed by atoms with Gasteiger partial charge in [0.1, 0.15) is 0 Å². The molecule has 136 valence electrons. The van der Waals surface area contributed by atoms with E-state index >= 15 is 0 Å². The van der Waals surface area contributed by atoms with Gasteiger partial charge < -0.3 is 14.7 Å². The number of aromatic nitrogens is 2. The lowest BCUT2D eigenvalue weighted by molar-refractivity contribution is -0.121. The van der Waals surface area contributed by atoms with Crippen LogP contribution < -0.4 is 16.6 Å². The molecule has 3 aromatic rings. The Morgan fingerprint density at radius 1 is 1.27 bits per heavy atom. The molecule has 7 nitrogen and oxygen atoms in total. The van der Waals surface area contributed by atoms with Gasteiger partial charge in [0.15, 0.2) is 5.58 Å². The fraction of sp³-hybridized carbons (Fsp3) is 0.278. The number of carbonyl (C=O) groups is 1. The number of hydrogen-bond donors (Lipinski definition) is 2. The molecule has 26 heavy (non-hydrogen) atoms. The van der Waals surface area contributed by atoms with Gasteiger partial charge >= 0.3 is 5.76 Å². The summed E-state index contributed by atoms with van der Waals surface area (Å²) in [5.74, 6) is -0.805. The quantitative estimate of drug-likeness (QED) is 0.714. The highest BCUT2D eigenvalue weighted by atomic mass is 35.5. The smallest absolute Gasteiger partial charge is 0.408 e. The summed E-state index contributed by atoms with van der Waals surface area (Å²) in [5, 5.41) is 3.18. The number of oxazole rings is 1. The van der Waals surface area contributed by atoms with Gasteiger partial charge in [-0.3, -0.25) is 14.2 Å². The molecule has 0 aliphatic heterocycles. The standard InChI is InChI=1S/C18H18ClN3O4/c1-10-7-11(2)21-17(24)13(10)9-20-16(23)5-6-22-14-4-3-12(19)8-15(14)26-18(22)25/h3-4,7-8H,5-6,9H2,1-2H3,(H,20,23)(H,21,24). The molecule has 0 bridgehead atoms. The highest BCUT2D eigenvalue weighted by molar-refractivity contribution is 6.31. The Bertz CT molecular complexity index is 1090. The van der Waals surface area contributed by atoms with Crippen molar-refractivity contribution in [2.24, 2.45) is 0 Å². The molecule has 2 N–H and O–H groups in total. The fourth-order valence-corrected chi connectivity index (χ4v) is 3.00. The molecule has 0 fully saturated rings. The van der Waals surface area contributed by atoms with E-state index in [1.807, 2.05) is 13.0 Å². The molecule has 0 spiro atoms. The first kappa shape index (κ1) is 18.0. The largest absolute Gasteiger partial charge is 0.419 e. The Morgan fingerprint density at radius 3 is 2.77 bits per heavy atom. The van der Waals surface area contributed by atoms with Crippen molar-refractivity contribution in [1.82, 2.24) is 14.9 Å². The lowest BCUT2D eigenvalue weighted by Gasteiger charge is -2.08. The lowest BCUT2D eigenvalue weighted by Crippen LogP contribution is -2.29. The van der Waals surface area contributed by atoms with Gasteiger partial charge in [0.05, 0.1) is 5.52 Å². The number of aromatic amines is 1. The molecule has 8 heteroatoms. The third-order valence-electron chi connectivity index (χ3n) is 4.15. The zero-order chi connectivity index (χ0) is 18.8. The molecular formula is C18H18ClN3O4. The minimum Gasteiger partial charge on any atom is -0.408 e. The van der Waals surface area contributed by atoms with Gasteiger partial charge in [-0.05, 0) is 37.6 Å². The number of carbonyl (C=O) groups excluding carboxylic acids is 1. The monoisotopic (exact) mass is 375 g/mol. The van der Waals surface area contributed by atoms with Crippen LogP contribution in [0.25, 0.3) is 11.1 Å². The van der Waals surface area contributed by atoms with Crippen molar-refractivity contribution >= 4 is 28.6 Å². The van der Waals surface area contributed by atoms with E-state index < -0.39 is 5.76 Å². The van der Waals surface area contributed by atoms with Crippen LogP contribution in [0, 0.1) is 13.8 Å². The molecule has 0 atom stereocenters. The summed E-state index contributed by atoms with van der Waals surface area (Å²) in [7, 11) is 0. The van der Waals surface area contributed by atoms with Crippen LogP contribution in [0.3, 0.4) is 0 Å². The van der Waals surface area contributed by atoms with Gasteiger partial charge in [-0.15, -0.1) is 0 Å². The Labute approximate surface area is 153 Å². The van der Waals surface area contributed by atoms with E-state index in [0.29, 0.717) is 21.7 Å². The van der Waals surface area contributed by atoms with Crippen molar-refractivity contribution in [2.45, 2.75) is 33.4 Å². The van der Waals surface area contributed by atoms with E-state index in [1.165, 1.54) is 4.57 Å². The molecule has 0 saturated heterocycles. The number of H-pyrrole nitrogens is 1. The van der Waals surface area contributed by atoms with Crippen molar-refractivity contribution < 1.29 is 9.21 Å². The number of nitrogens with one attached hydrogen (secondary N) is 2. The molecular weight excluding hydrogens is 358 g/mol. The fourth-order valence-electron chi connectivity index (χ4n) is 2.84. The summed E-state index contributed by atoms with van der Waals surface area (Å²) in [4.78, 5) is 38.7. The number of aryl methyl sites for hydroxylation is 3. The summed E-state index contributed by atoms with van der Waals surface area (Å²) in [5.41, 5.74) is 2.86. The minimum absolute atomic E-state index is 0.0833. The maximum absolute atomic E-state index is 12.1. The van der Waals surface area contributed by atoms with E-state index in [-0.39, 0.29) is 31.0 Å². The first-order valence-electron chi connectivity index (χ1n) is 8.10. The molecule has 1 aromatic carbocycles. The summed E-state index contributed by atoms with van der Waals surface area (Å²) < 4.78 is 6.51. The summed E-state index contributed by atoms with van der Waals surface area (Å²) in [6.45, 7) is 3.93. The van der Waals surface area contributed by atoms with Crippen LogP contribution in [0.4, 0.5) is 0 Å². The van der Waals surface area contributed by atoms with E-state index in [1.54, 1.807) is 25.1 Å². The van der Waals surface area contributed by atoms with Crippen LogP contribution in [0.15, 0.2) is 38.3 Å². The predicted molar refractivity (Wildman–Crippen MR) is 98.5 cm³/mol. The maximum atomic E-state index is 12.1. The third-order valence-corrected chi connectivity index (χ3v) is 4.38. The van der Waals surface area contributed by atoms with Crippen LogP contribution in [0.5, 0.6) is 0 Å². The highest BCUT2D eigenvalue weighted by Crippen LogP contribution is 2.18. The highest BCUT2D eigenvalue weighted by Gasteiger charge is 2.12. The number of nitrogens with zero attached hydrogens (tertiary/aromatic N) is 1. The normalized spacial score (nSPS) is 11.0. The van der Waals surface area contributed by atoms with Crippen molar-refractivity contribution in [2.75, 3.05) is 0 Å². The summed E-state index contributed by atoms with van der Waals surface area (Å²) >= 11 is 5.88. The number of halogens is 1. The lowest BCUT2D eigenvalue weighted by atomic mass is 10.1. The number of benzene rings is 1. The number of pyridine rings is 1. The van der Waals surface area contributed by atoms with E-state index in [0.717, 1.165) is 11.3 Å². The van der Waals surface area contributed by atoms with Crippen molar-refractivity contribution in [1.29, 1.82) is 0 Å². The van der Waals surface area contributed by atoms with Gasteiger partial charge in [-0.1, -0.05) is 11.6 Å². The van der Waals surface area contributed by atoms with Crippen molar-refractivity contribution in [3.8, 4) is 0 Å². The Kier molecular flexibility index (Phi) is 4.99. The van der Waals surface area contributed by atoms with E-state index in [4.69, 9.17) is 16.0 Å². The molecule has 2 aromatic heterocycles. The second-order valence-electron chi connectivity index (χ2n) is 6.10. The predicted octanol–water partition coefficient (Wildman–Crippen LogP) is 2.26. The second-order valence-corrected chi connectivity index (χ2v) is 6.54. The average Bonchev–Trinajstić information content (AvgIpc) is 2.86. The molecule has 3 rings (SSSR count). The van der Waals surface area contributed by atoms with E-state index in [2.05, 4.69) is 10.3 Å². The zero-order valence-corrected chi connectivity index (χ0v) is 15.1. The van der Waals surface area contributed by atoms with Gasteiger partial charge in [-0.25, -0.2) is 4.79 Å². The zero-order valence-electron chi connectivity index (χ0n) is 14.4. The van der Waals surface area contributed by atoms with Crippen LogP contribution in [0.2, 0.25) is 5.02 Å². The van der Waals surface area contributed by atoms with Gasteiger partial charge in [0.25, 0.3) is 5.56 Å². The number of amides is 1. The van der Waals surface area contributed by atoms with Crippen LogP contribution in [-0.2, 0) is 17.9 Å². The molecule has 0 aliphatic rings. The average molecular weight is 376 g/mol. The number of fused-ring (bicyclic) bond motifs is 1. The molecule has 0 saturated carbocycles. The first-order valence-corrected chi connectivity index (χ1v) is 8.48. The van der Waals surface area contributed by atoms with Crippen molar-refractivity contribution in [3.05, 3.63) is 67.0 Å². The van der Waals surface area contributed by atoms with Gasteiger partial charge in [-0.2, -0.15) is 0 Å². The van der Waals surface area contributed by atoms with Crippen LogP contribution in [0.1, 0.15) is 23.2 Å². The van der Waals surface area contributed by atoms with Crippen LogP contribution >= 0.6 is 11.6 Å². The minimum atomic E-state index is -0.541. The third kappa shape index (κ3) is 3.72. The summed E-state index contributed by atoms with van der Waals surface area (Å²) in [6, 6.07) is 6.74. The molecule has 1 amide bonds.